The van der Waals surface area contributed by atoms with E-state index in [9.17, 15) is 15.0 Å². The number of aliphatic hydroxyl groups is 2. The maximum Gasteiger partial charge on any atom is 0.253 e. The molecular formula is C22H23N3O3. The third kappa shape index (κ3) is 3.37. The van der Waals surface area contributed by atoms with Crippen molar-refractivity contribution in [3.05, 3.63) is 59.9 Å². The van der Waals surface area contributed by atoms with E-state index in [2.05, 4.69) is 9.97 Å². The average molecular weight is 377 g/mol. The molecule has 0 radical (unpaired) electrons. The van der Waals surface area contributed by atoms with Crippen LogP contribution < -0.4 is 0 Å². The Morgan fingerprint density at radius 2 is 1.64 bits per heavy atom. The molecule has 2 N–H and O–H groups in total. The van der Waals surface area contributed by atoms with Gasteiger partial charge in [-0.3, -0.25) is 4.79 Å². The third-order valence-electron chi connectivity index (χ3n) is 5.45. The monoisotopic (exact) mass is 377 g/mol. The molecule has 4 rings (SSSR count). The maximum atomic E-state index is 12.8. The van der Waals surface area contributed by atoms with Crippen LogP contribution in [0.3, 0.4) is 0 Å². The Bertz CT molecular complexity index is 992. The highest BCUT2D eigenvalue weighted by molar-refractivity contribution is 5.96. The molecule has 1 aromatic heterocycles. The smallest absolute Gasteiger partial charge is 0.253 e. The number of hydrogen-bond donors (Lipinski definition) is 2. The van der Waals surface area contributed by atoms with Crippen molar-refractivity contribution in [2.24, 2.45) is 11.8 Å². The van der Waals surface area contributed by atoms with E-state index in [0.29, 0.717) is 24.5 Å². The van der Waals surface area contributed by atoms with Crippen LogP contribution >= 0.6 is 0 Å². The average Bonchev–Trinajstić information content (AvgIpc) is 3.16. The lowest BCUT2D eigenvalue weighted by atomic mass is 9.98. The van der Waals surface area contributed by atoms with Crippen LogP contribution in [0, 0.1) is 18.8 Å². The van der Waals surface area contributed by atoms with Gasteiger partial charge in [0.15, 0.2) is 0 Å². The highest BCUT2D eigenvalue weighted by Crippen LogP contribution is 2.28. The van der Waals surface area contributed by atoms with Crippen LogP contribution in [0.4, 0.5) is 0 Å². The molecule has 2 atom stereocenters. The van der Waals surface area contributed by atoms with Gasteiger partial charge in [0, 0.05) is 54.7 Å². The zero-order valence-electron chi connectivity index (χ0n) is 15.7. The number of nitrogens with zero attached hydrogens (tertiary/aromatic N) is 3. The van der Waals surface area contributed by atoms with Gasteiger partial charge in [-0.15, -0.1) is 0 Å². The van der Waals surface area contributed by atoms with Gasteiger partial charge in [-0.2, -0.15) is 0 Å². The van der Waals surface area contributed by atoms with Crippen molar-refractivity contribution >= 4 is 16.8 Å². The lowest BCUT2D eigenvalue weighted by Gasteiger charge is -2.16. The number of likely N-dealkylation sites (tertiary alicyclic amines) is 1. The molecular weight excluding hydrogens is 354 g/mol. The minimum absolute atomic E-state index is 0.0198. The summed E-state index contributed by atoms with van der Waals surface area (Å²) >= 11 is 0. The summed E-state index contributed by atoms with van der Waals surface area (Å²) in [6, 6.07) is 15.3. The van der Waals surface area contributed by atoms with Crippen LogP contribution in [0.5, 0.6) is 0 Å². The first-order valence-corrected chi connectivity index (χ1v) is 9.45. The number of fused-ring (bicyclic) bond motifs is 1. The van der Waals surface area contributed by atoms with Gasteiger partial charge < -0.3 is 15.1 Å². The summed E-state index contributed by atoms with van der Waals surface area (Å²) in [5.74, 6) is 0.493. The molecule has 1 aliphatic heterocycles. The molecule has 0 unspecified atom stereocenters. The number of hydrogen-bond acceptors (Lipinski definition) is 5. The van der Waals surface area contributed by atoms with Gasteiger partial charge in [-0.05, 0) is 25.1 Å². The van der Waals surface area contributed by atoms with Crippen LogP contribution in [0.15, 0.2) is 48.5 Å². The Hall–Kier alpha value is -2.83. The first kappa shape index (κ1) is 18.5. The lowest BCUT2D eigenvalue weighted by molar-refractivity contribution is 0.0778. The molecule has 0 spiro atoms. The molecule has 0 bridgehead atoms. The van der Waals surface area contributed by atoms with Crippen molar-refractivity contribution < 1.29 is 15.0 Å². The number of aromatic nitrogens is 2. The molecule has 3 aromatic rings. The second kappa shape index (κ2) is 7.66. The van der Waals surface area contributed by atoms with Crippen molar-refractivity contribution in [3.8, 4) is 11.3 Å². The minimum atomic E-state index is -0.0790. The summed E-state index contributed by atoms with van der Waals surface area (Å²) in [5.41, 5.74) is 3.27. The molecule has 1 amide bonds. The third-order valence-corrected chi connectivity index (χ3v) is 5.45. The van der Waals surface area contributed by atoms with Crippen LogP contribution in [0.1, 0.15) is 16.2 Å². The zero-order chi connectivity index (χ0) is 19.7. The predicted octanol–water partition coefficient (Wildman–Crippen LogP) is 2.28. The highest BCUT2D eigenvalue weighted by Gasteiger charge is 2.34. The van der Waals surface area contributed by atoms with E-state index in [-0.39, 0.29) is 31.0 Å². The summed E-state index contributed by atoms with van der Waals surface area (Å²) in [6.45, 7) is 2.77. The minimum Gasteiger partial charge on any atom is -0.396 e. The molecule has 144 valence electrons. The first-order valence-electron chi connectivity index (χ1n) is 9.45. The van der Waals surface area contributed by atoms with Gasteiger partial charge in [-0.1, -0.05) is 30.3 Å². The van der Waals surface area contributed by atoms with E-state index in [1.807, 2.05) is 55.5 Å². The van der Waals surface area contributed by atoms with Crippen molar-refractivity contribution in [1.82, 2.24) is 14.9 Å². The summed E-state index contributed by atoms with van der Waals surface area (Å²) in [6.07, 6.45) is 0. The van der Waals surface area contributed by atoms with E-state index in [0.717, 1.165) is 22.2 Å². The first-order chi connectivity index (χ1) is 13.6. The lowest BCUT2D eigenvalue weighted by Crippen LogP contribution is -2.29. The molecule has 1 saturated heterocycles. The van der Waals surface area contributed by atoms with Crippen LogP contribution in [-0.2, 0) is 0 Å². The molecule has 0 aliphatic carbocycles. The Morgan fingerprint density at radius 1 is 1.00 bits per heavy atom. The quantitative estimate of drug-likeness (QED) is 0.728. The molecule has 2 heterocycles. The van der Waals surface area contributed by atoms with Crippen molar-refractivity contribution in [1.29, 1.82) is 0 Å². The summed E-state index contributed by atoms with van der Waals surface area (Å²) in [7, 11) is 0. The topological polar surface area (TPSA) is 86.6 Å². The van der Waals surface area contributed by atoms with E-state index in [4.69, 9.17) is 0 Å². The van der Waals surface area contributed by atoms with Gasteiger partial charge in [0.1, 0.15) is 5.82 Å². The zero-order valence-corrected chi connectivity index (χ0v) is 15.7. The van der Waals surface area contributed by atoms with Gasteiger partial charge in [0.25, 0.3) is 5.91 Å². The Balaban J connectivity index is 1.61. The second-order valence-corrected chi connectivity index (χ2v) is 7.31. The molecule has 1 fully saturated rings. The number of carbonyl (C=O) groups is 1. The van der Waals surface area contributed by atoms with E-state index in [1.165, 1.54) is 0 Å². The fourth-order valence-electron chi connectivity index (χ4n) is 3.88. The molecule has 2 aromatic carbocycles. The van der Waals surface area contributed by atoms with Gasteiger partial charge in [0.2, 0.25) is 0 Å². The molecule has 6 nitrogen and oxygen atoms in total. The van der Waals surface area contributed by atoms with Crippen molar-refractivity contribution in [2.45, 2.75) is 6.92 Å². The Labute approximate surface area is 163 Å². The summed E-state index contributed by atoms with van der Waals surface area (Å²) < 4.78 is 0. The largest absolute Gasteiger partial charge is 0.396 e. The molecule has 28 heavy (non-hydrogen) atoms. The molecule has 1 aliphatic rings. The van der Waals surface area contributed by atoms with E-state index in [1.54, 1.807) is 4.90 Å². The number of amides is 1. The van der Waals surface area contributed by atoms with Crippen LogP contribution in [0.25, 0.3) is 22.2 Å². The number of para-hydroxylation sites is 1. The number of carbonyl (C=O) groups excluding carboxylic acids is 1. The maximum absolute atomic E-state index is 12.8. The highest BCUT2D eigenvalue weighted by atomic mass is 16.3. The fourth-order valence-corrected chi connectivity index (χ4v) is 3.88. The van der Waals surface area contributed by atoms with E-state index < -0.39 is 0 Å². The SMILES string of the molecule is Cc1nc(-c2ccc(C(=O)N3C[C@@H](CO)[C@H](CO)C3)cc2)c2ccccc2n1. The normalized spacial score (nSPS) is 19.3. The van der Waals surface area contributed by atoms with Crippen LogP contribution in [-0.4, -0.2) is 57.3 Å². The fraction of sp³-hybridized carbons (Fsp3) is 0.318. The van der Waals surface area contributed by atoms with Crippen molar-refractivity contribution in [3.63, 3.8) is 0 Å². The Kier molecular flexibility index (Phi) is 5.07. The van der Waals surface area contributed by atoms with Gasteiger partial charge in [-0.25, -0.2) is 9.97 Å². The Morgan fingerprint density at radius 3 is 2.29 bits per heavy atom. The van der Waals surface area contributed by atoms with Crippen molar-refractivity contribution in [2.75, 3.05) is 26.3 Å². The predicted molar refractivity (Wildman–Crippen MR) is 107 cm³/mol. The number of aryl methyl sites for hydroxylation is 1. The van der Waals surface area contributed by atoms with Crippen LogP contribution in [0.2, 0.25) is 0 Å². The number of rotatable bonds is 4. The summed E-state index contributed by atoms with van der Waals surface area (Å²) in [4.78, 5) is 23.6. The van der Waals surface area contributed by atoms with E-state index >= 15 is 0 Å². The molecule has 6 heteroatoms. The second-order valence-electron chi connectivity index (χ2n) is 7.31. The summed E-state index contributed by atoms with van der Waals surface area (Å²) in [5, 5.41) is 19.9. The van der Waals surface area contributed by atoms with Gasteiger partial charge >= 0.3 is 0 Å². The number of benzene rings is 2. The van der Waals surface area contributed by atoms with Gasteiger partial charge in [0.05, 0.1) is 11.2 Å². The standard InChI is InChI=1S/C22H23N3O3/c1-14-23-20-5-3-2-4-19(20)21(24-14)15-6-8-16(9-7-15)22(28)25-10-17(12-26)18(11-25)13-27/h2-9,17-18,26-27H,10-13H2,1H3/t17-,18-/m0/s1. The molecule has 0 saturated carbocycles. The number of aliphatic hydroxyl groups excluding tert-OH is 2.